The number of hydrogen-bond acceptors (Lipinski definition) is 5. The highest BCUT2D eigenvalue weighted by Crippen LogP contribution is 2.21. The van der Waals surface area contributed by atoms with Gasteiger partial charge in [0.1, 0.15) is 11.5 Å². The maximum absolute atomic E-state index is 12.6. The fourth-order valence-electron chi connectivity index (χ4n) is 2.94. The van der Waals surface area contributed by atoms with Crippen molar-refractivity contribution in [2.45, 2.75) is 19.4 Å². The van der Waals surface area contributed by atoms with Gasteiger partial charge in [0.25, 0.3) is 5.91 Å². The fourth-order valence-corrected chi connectivity index (χ4v) is 2.94. The van der Waals surface area contributed by atoms with Gasteiger partial charge in [0, 0.05) is 24.5 Å². The number of carbonyl (C=O) groups excluding carboxylic acids is 1. The summed E-state index contributed by atoms with van der Waals surface area (Å²) in [5.41, 5.74) is 1.90. The van der Waals surface area contributed by atoms with Gasteiger partial charge in [-0.3, -0.25) is 4.79 Å². The normalized spacial score (nSPS) is 15.1. The average molecular weight is 370 g/mol. The molecule has 2 aromatic carbocycles. The maximum atomic E-state index is 12.6. The van der Waals surface area contributed by atoms with E-state index in [2.05, 4.69) is 10.2 Å². The first kappa shape index (κ1) is 19.0. The van der Waals surface area contributed by atoms with Gasteiger partial charge in [0.15, 0.2) is 6.10 Å². The summed E-state index contributed by atoms with van der Waals surface area (Å²) in [5.74, 6) is 1.23. The molecule has 27 heavy (non-hydrogen) atoms. The summed E-state index contributed by atoms with van der Waals surface area (Å²) >= 11 is 0. The van der Waals surface area contributed by atoms with Crippen LogP contribution in [0.1, 0.15) is 13.3 Å². The van der Waals surface area contributed by atoms with Crippen molar-refractivity contribution in [2.24, 2.45) is 0 Å². The summed E-state index contributed by atoms with van der Waals surface area (Å²) in [7, 11) is 1.61. The molecule has 0 aromatic heterocycles. The van der Waals surface area contributed by atoms with E-state index in [9.17, 15) is 4.79 Å². The Morgan fingerprint density at radius 1 is 1.07 bits per heavy atom. The van der Waals surface area contributed by atoms with Crippen molar-refractivity contribution in [1.29, 1.82) is 0 Å². The zero-order valence-electron chi connectivity index (χ0n) is 15.8. The molecule has 0 aliphatic carbocycles. The minimum atomic E-state index is -0.558. The standard InChI is InChI=1S/C21H26N2O4/c1-3-20(27-19-10-8-18(25-2)9-11-19)21(24)22-16-4-6-17(7-5-16)23-12-14-26-15-13-23/h4-11,20H,3,12-15H2,1-2H3,(H,22,24). The summed E-state index contributed by atoms with van der Waals surface area (Å²) in [5, 5.41) is 2.93. The SMILES string of the molecule is CCC(Oc1ccc(OC)cc1)C(=O)Nc1ccc(N2CCOCC2)cc1. The molecule has 144 valence electrons. The van der Waals surface area contributed by atoms with Gasteiger partial charge in [-0.05, 0) is 55.0 Å². The van der Waals surface area contributed by atoms with E-state index in [1.165, 1.54) is 0 Å². The molecule has 0 bridgehead atoms. The third kappa shape index (κ3) is 5.14. The summed E-state index contributed by atoms with van der Waals surface area (Å²) in [4.78, 5) is 14.8. The number of nitrogens with one attached hydrogen (secondary N) is 1. The van der Waals surface area contributed by atoms with Crippen molar-refractivity contribution >= 4 is 17.3 Å². The molecule has 1 heterocycles. The Morgan fingerprint density at radius 3 is 2.30 bits per heavy atom. The maximum Gasteiger partial charge on any atom is 0.265 e. The molecule has 1 saturated heterocycles. The summed E-state index contributed by atoms with van der Waals surface area (Å²) in [6.07, 6.45) is 0.0151. The number of hydrogen-bond donors (Lipinski definition) is 1. The summed E-state index contributed by atoms with van der Waals surface area (Å²) in [6.45, 7) is 5.20. The molecule has 1 atom stereocenters. The van der Waals surface area contributed by atoms with Crippen LogP contribution in [0.15, 0.2) is 48.5 Å². The largest absolute Gasteiger partial charge is 0.497 e. The van der Waals surface area contributed by atoms with E-state index in [1.807, 2.05) is 43.3 Å². The number of nitrogens with zero attached hydrogens (tertiary/aromatic N) is 1. The van der Waals surface area contributed by atoms with Crippen LogP contribution in [0.2, 0.25) is 0 Å². The molecule has 1 aliphatic rings. The van der Waals surface area contributed by atoms with E-state index in [4.69, 9.17) is 14.2 Å². The predicted molar refractivity (Wildman–Crippen MR) is 106 cm³/mol. The number of amides is 1. The molecule has 6 heteroatoms. The second kappa shape index (κ2) is 9.28. The molecule has 1 amide bonds. The molecular weight excluding hydrogens is 344 g/mol. The first-order chi connectivity index (χ1) is 13.2. The summed E-state index contributed by atoms with van der Waals surface area (Å²) < 4.78 is 16.3. The van der Waals surface area contributed by atoms with Crippen LogP contribution in [0, 0.1) is 0 Å². The van der Waals surface area contributed by atoms with Gasteiger partial charge < -0.3 is 24.4 Å². The van der Waals surface area contributed by atoms with Crippen LogP contribution in [0.25, 0.3) is 0 Å². The Bertz CT molecular complexity index is 725. The lowest BCUT2D eigenvalue weighted by atomic mass is 10.2. The van der Waals surface area contributed by atoms with Crippen LogP contribution in [0.5, 0.6) is 11.5 Å². The van der Waals surface area contributed by atoms with Gasteiger partial charge in [-0.1, -0.05) is 6.92 Å². The van der Waals surface area contributed by atoms with E-state index < -0.39 is 6.10 Å². The third-order valence-corrected chi connectivity index (χ3v) is 4.51. The Kier molecular flexibility index (Phi) is 6.54. The lowest BCUT2D eigenvalue weighted by Crippen LogP contribution is -2.36. The van der Waals surface area contributed by atoms with Crippen LogP contribution in [-0.4, -0.2) is 45.4 Å². The molecule has 1 fully saturated rings. The highest BCUT2D eigenvalue weighted by molar-refractivity contribution is 5.94. The molecule has 0 saturated carbocycles. The van der Waals surface area contributed by atoms with Crippen LogP contribution in [-0.2, 0) is 9.53 Å². The Morgan fingerprint density at radius 2 is 1.70 bits per heavy atom. The van der Waals surface area contributed by atoms with Crippen molar-refractivity contribution in [1.82, 2.24) is 0 Å². The highest BCUT2D eigenvalue weighted by Gasteiger charge is 2.19. The number of carbonyl (C=O) groups is 1. The second-order valence-corrected chi connectivity index (χ2v) is 6.33. The minimum Gasteiger partial charge on any atom is -0.497 e. The van der Waals surface area contributed by atoms with Crippen molar-refractivity contribution in [2.75, 3.05) is 43.6 Å². The highest BCUT2D eigenvalue weighted by atomic mass is 16.5. The van der Waals surface area contributed by atoms with E-state index in [0.717, 1.165) is 43.4 Å². The lowest BCUT2D eigenvalue weighted by molar-refractivity contribution is -0.122. The third-order valence-electron chi connectivity index (χ3n) is 4.51. The number of ether oxygens (including phenoxy) is 3. The Hall–Kier alpha value is -2.73. The number of rotatable bonds is 7. The Labute approximate surface area is 160 Å². The van der Waals surface area contributed by atoms with Crippen LogP contribution in [0.3, 0.4) is 0 Å². The van der Waals surface area contributed by atoms with Crippen molar-refractivity contribution < 1.29 is 19.0 Å². The van der Waals surface area contributed by atoms with Crippen molar-refractivity contribution in [3.05, 3.63) is 48.5 Å². The number of anilines is 2. The van der Waals surface area contributed by atoms with E-state index in [1.54, 1.807) is 19.2 Å². The van der Waals surface area contributed by atoms with Gasteiger partial charge in [-0.25, -0.2) is 0 Å². The molecule has 0 spiro atoms. The zero-order chi connectivity index (χ0) is 19.1. The summed E-state index contributed by atoms with van der Waals surface area (Å²) in [6, 6.07) is 15.1. The molecule has 3 rings (SSSR count). The lowest BCUT2D eigenvalue weighted by Gasteiger charge is -2.29. The smallest absolute Gasteiger partial charge is 0.265 e. The van der Waals surface area contributed by atoms with E-state index in [-0.39, 0.29) is 5.91 Å². The molecule has 1 N–H and O–H groups in total. The van der Waals surface area contributed by atoms with Crippen molar-refractivity contribution in [3.63, 3.8) is 0 Å². The Balaban J connectivity index is 1.58. The molecule has 2 aromatic rings. The van der Waals surface area contributed by atoms with E-state index >= 15 is 0 Å². The van der Waals surface area contributed by atoms with Gasteiger partial charge in [-0.2, -0.15) is 0 Å². The molecule has 0 radical (unpaired) electrons. The molecule has 1 aliphatic heterocycles. The minimum absolute atomic E-state index is 0.160. The monoisotopic (exact) mass is 370 g/mol. The first-order valence-corrected chi connectivity index (χ1v) is 9.24. The van der Waals surface area contributed by atoms with Gasteiger partial charge in [-0.15, -0.1) is 0 Å². The number of methoxy groups -OCH3 is 1. The van der Waals surface area contributed by atoms with Crippen molar-refractivity contribution in [3.8, 4) is 11.5 Å². The van der Waals surface area contributed by atoms with Gasteiger partial charge in [0.2, 0.25) is 0 Å². The molecule has 1 unspecified atom stereocenters. The first-order valence-electron chi connectivity index (χ1n) is 9.24. The van der Waals surface area contributed by atoms with E-state index in [0.29, 0.717) is 12.2 Å². The van der Waals surface area contributed by atoms with Crippen LogP contribution >= 0.6 is 0 Å². The van der Waals surface area contributed by atoms with Crippen LogP contribution < -0.4 is 19.7 Å². The average Bonchev–Trinajstić information content (AvgIpc) is 2.73. The predicted octanol–water partition coefficient (Wildman–Crippen LogP) is 3.33. The molecule has 6 nitrogen and oxygen atoms in total. The van der Waals surface area contributed by atoms with Crippen LogP contribution in [0.4, 0.5) is 11.4 Å². The van der Waals surface area contributed by atoms with Gasteiger partial charge >= 0.3 is 0 Å². The topological polar surface area (TPSA) is 60.0 Å². The second-order valence-electron chi connectivity index (χ2n) is 6.33. The number of benzene rings is 2. The fraction of sp³-hybridized carbons (Fsp3) is 0.381. The number of morpholine rings is 1. The zero-order valence-corrected chi connectivity index (χ0v) is 15.8. The molecular formula is C21H26N2O4. The van der Waals surface area contributed by atoms with Gasteiger partial charge in [0.05, 0.1) is 20.3 Å². The quantitative estimate of drug-likeness (QED) is 0.810.